The average molecular weight is 223 g/mol. The highest BCUT2D eigenvalue weighted by molar-refractivity contribution is 5.02. The van der Waals surface area contributed by atoms with Crippen LogP contribution in [0.5, 0.6) is 0 Å². The Morgan fingerprint density at radius 2 is 1.50 bits per heavy atom. The van der Waals surface area contributed by atoms with Crippen LogP contribution in [-0.4, -0.2) is 0 Å². The molecule has 0 heteroatoms. The first-order valence-electron chi connectivity index (χ1n) is 7.32. The van der Waals surface area contributed by atoms with E-state index in [1.54, 1.807) is 5.57 Å². The van der Waals surface area contributed by atoms with Crippen LogP contribution in [0.4, 0.5) is 0 Å². The van der Waals surface area contributed by atoms with Gasteiger partial charge in [0.1, 0.15) is 0 Å². The lowest BCUT2D eigenvalue weighted by molar-refractivity contribution is 0.591. The number of hydrogen-bond acceptors (Lipinski definition) is 0. The van der Waals surface area contributed by atoms with Gasteiger partial charge in [0.05, 0.1) is 0 Å². The molecule has 0 aromatic heterocycles. The van der Waals surface area contributed by atoms with Gasteiger partial charge in [0, 0.05) is 0 Å². The van der Waals surface area contributed by atoms with Gasteiger partial charge in [0.2, 0.25) is 0 Å². The van der Waals surface area contributed by atoms with Crippen LogP contribution in [0, 0.1) is 6.92 Å². The maximum atomic E-state index is 3.99. The van der Waals surface area contributed by atoms with Crippen molar-refractivity contribution in [1.82, 2.24) is 0 Å². The van der Waals surface area contributed by atoms with Gasteiger partial charge < -0.3 is 0 Å². The van der Waals surface area contributed by atoms with E-state index < -0.39 is 0 Å². The largest absolute Gasteiger partial charge is 0.0853 e. The molecular weight excluding hydrogens is 192 g/mol. The van der Waals surface area contributed by atoms with Gasteiger partial charge in [-0.15, -0.1) is 0 Å². The van der Waals surface area contributed by atoms with E-state index in [1.807, 2.05) is 0 Å². The standard InChI is InChI=1S/C16H31/c1-4-7-8-9-10-11-12-13-15-16(6-3)14-5-2/h15H,3-14H2,1-2H3. The Hall–Kier alpha value is -0.260. The minimum atomic E-state index is 1.00. The van der Waals surface area contributed by atoms with Crippen LogP contribution in [-0.2, 0) is 0 Å². The molecule has 0 aliphatic carbocycles. The lowest BCUT2D eigenvalue weighted by atomic mass is 10.0. The molecule has 0 rings (SSSR count). The van der Waals surface area contributed by atoms with Gasteiger partial charge in [-0.1, -0.05) is 70.4 Å². The maximum Gasteiger partial charge on any atom is -0.0320 e. The number of rotatable bonds is 11. The Kier molecular flexibility index (Phi) is 12.6. The molecule has 0 amide bonds. The normalized spacial score (nSPS) is 12.1. The fourth-order valence-electron chi connectivity index (χ4n) is 2.06. The van der Waals surface area contributed by atoms with Crippen molar-refractivity contribution in [1.29, 1.82) is 0 Å². The van der Waals surface area contributed by atoms with Crippen LogP contribution in [0.1, 0.15) is 84.5 Å². The summed E-state index contributed by atoms with van der Waals surface area (Å²) < 4.78 is 0. The molecule has 0 saturated carbocycles. The lowest BCUT2D eigenvalue weighted by Crippen LogP contribution is -1.83. The third kappa shape index (κ3) is 10.3. The summed E-state index contributed by atoms with van der Waals surface area (Å²) in [4.78, 5) is 0. The maximum absolute atomic E-state index is 3.99. The first kappa shape index (κ1) is 15.7. The zero-order valence-electron chi connectivity index (χ0n) is 11.6. The quantitative estimate of drug-likeness (QED) is 0.294. The predicted molar refractivity (Wildman–Crippen MR) is 75.6 cm³/mol. The van der Waals surface area contributed by atoms with Gasteiger partial charge in [-0.25, -0.2) is 0 Å². The van der Waals surface area contributed by atoms with Crippen LogP contribution < -0.4 is 0 Å². The van der Waals surface area contributed by atoms with Crippen molar-refractivity contribution in [2.75, 3.05) is 0 Å². The predicted octanol–water partition coefficient (Wildman–Crippen LogP) is 6.08. The molecule has 0 aromatic rings. The minimum Gasteiger partial charge on any atom is -0.0853 e. The van der Waals surface area contributed by atoms with Gasteiger partial charge in [-0.2, -0.15) is 0 Å². The topological polar surface area (TPSA) is 0 Å². The molecule has 0 saturated heterocycles. The van der Waals surface area contributed by atoms with Crippen molar-refractivity contribution in [3.05, 3.63) is 18.6 Å². The van der Waals surface area contributed by atoms with E-state index in [1.165, 1.54) is 64.2 Å². The Labute approximate surface area is 104 Å². The number of hydrogen-bond donors (Lipinski definition) is 0. The van der Waals surface area contributed by atoms with E-state index in [2.05, 4.69) is 26.8 Å². The second kappa shape index (κ2) is 12.8. The van der Waals surface area contributed by atoms with Crippen molar-refractivity contribution in [2.45, 2.75) is 84.5 Å². The van der Waals surface area contributed by atoms with Gasteiger partial charge >= 0.3 is 0 Å². The summed E-state index contributed by atoms with van der Waals surface area (Å²) >= 11 is 0. The van der Waals surface area contributed by atoms with E-state index in [-0.39, 0.29) is 0 Å². The van der Waals surface area contributed by atoms with Crippen molar-refractivity contribution in [3.8, 4) is 0 Å². The molecule has 0 fully saturated rings. The smallest absolute Gasteiger partial charge is 0.0320 e. The summed E-state index contributed by atoms with van der Waals surface area (Å²) in [6.07, 6.45) is 17.1. The molecule has 0 nitrogen and oxygen atoms in total. The van der Waals surface area contributed by atoms with Crippen molar-refractivity contribution in [3.63, 3.8) is 0 Å². The SMILES string of the molecule is [CH2]CC(=CCCCCCCCCC)CCC. The lowest BCUT2D eigenvalue weighted by Gasteiger charge is -2.03. The van der Waals surface area contributed by atoms with Crippen LogP contribution in [0.25, 0.3) is 0 Å². The Balaban J connectivity index is 3.30. The molecular formula is C16H31. The molecule has 0 aliphatic heterocycles. The summed E-state index contributed by atoms with van der Waals surface area (Å²) in [7, 11) is 0. The molecule has 1 radical (unpaired) electrons. The summed E-state index contributed by atoms with van der Waals surface area (Å²) in [5.74, 6) is 0. The van der Waals surface area contributed by atoms with Crippen LogP contribution in [0.15, 0.2) is 11.6 Å². The van der Waals surface area contributed by atoms with Crippen molar-refractivity contribution >= 4 is 0 Å². The molecule has 0 heterocycles. The fraction of sp³-hybridized carbons (Fsp3) is 0.812. The monoisotopic (exact) mass is 223 g/mol. The van der Waals surface area contributed by atoms with Gasteiger partial charge in [0.15, 0.2) is 0 Å². The summed E-state index contributed by atoms with van der Waals surface area (Å²) in [5.41, 5.74) is 1.56. The zero-order chi connectivity index (χ0) is 12.1. The van der Waals surface area contributed by atoms with E-state index in [0.717, 1.165) is 6.42 Å². The molecule has 0 atom stereocenters. The molecule has 0 aromatic carbocycles. The molecule has 0 N–H and O–H groups in total. The van der Waals surface area contributed by atoms with Gasteiger partial charge in [-0.05, 0) is 32.6 Å². The molecule has 95 valence electrons. The van der Waals surface area contributed by atoms with E-state index in [4.69, 9.17) is 0 Å². The first-order chi connectivity index (χ1) is 7.85. The van der Waals surface area contributed by atoms with Crippen molar-refractivity contribution < 1.29 is 0 Å². The Morgan fingerprint density at radius 3 is 2.06 bits per heavy atom. The molecule has 0 unspecified atom stereocenters. The van der Waals surface area contributed by atoms with E-state index in [9.17, 15) is 0 Å². The second-order valence-electron chi connectivity index (χ2n) is 4.77. The Bertz CT molecular complexity index is 155. The molecule has 0 bridgehead atoms. The highest BCUT2D eigenvalue weighted by Gasteiger charge is 1.93. The summed E-state index contributed by atoms with van der Waals surface area (Å²) in [6.45, 7) is 8.51. The fourth-order valence-corrected chi connectivity index (χ4v) is 2.06. The van der Waals surface area contributed by atoms with Crippen molar-refractivity contribution in [2.24, 2.45) is 0 Å². The van der Waals surface area contributed by atoms with Gasteiger partial charge in [0.25, 0.3) is 0 Å². The highest BCUT2D eigenvalue weighted by atomic mass is 14.0. The number of unbranched alkanes of at least 4 members (excludes halogenated alkanes) is 7. The minimum absolute atomic E-state index is 1.00. The highest BCUT2D eigenvalue weighted by Crippen LogP contribution is 2.13. The summed E-state index contributed by atoms with van der Waals surface area (Å²) in [5, 5.41) is 0. The third-order valence-electron chi connectivity index (χ3n) is 3.13. The first-order valence-corrected chi connectivity index (χ1v) is 7.32. The van der Waals surface area contributed by atoms with Gasteiger partial charge in [-0.3, -0.25) is 0 Å². The molecule has 16 heavy (non-hydrogen) atoms. The summed E-state index contributed by atoms with van der Waals surface area (Å²) in [6, 6.07) is 0. The van der Waals surface area contributed by atoms with Crippen LogP contribution in [0.2, 0.25) is 0 Å². The molecule has 0 aliphatic rings. The zero-order valence-corrected chi connectivity index (χ0v) is 11.6. The third-order valence-corrected chi connectivity index (χ3v) is 3.13. The van der Waals surface area contributed by atoms with E-state index in [0.29, 0.717) is 0 Å². The average Bonchev–Trinajstić information content (AvgIpc) is 2.31. The Morgan fingerprint density at radius 1 is 0.875 bits per heavy atom. The van der Waals surface area contributed by atoms with Crippen LogP contribution >= 0.6 is 0 Å². The number of allylic oxidation sites excluding steroid dienone is 2. The molecule has 0 spiro atoms. The van der Waals surface area contributed by atoms with Crippen LogP contribution in [0.3, 0.4) is 0 Å². The second-order valence-corrected chi connectivity index (χ2v) is 4.77. The van der Waals surface area contributed by atoms with E-state index >= 15 is 0 Å².